The SMILES string of the molecule is COc1ccc(C)cc1NC(=O)/C(C#N)=C\Nc1cc(C)ccc1O. The fraction of sp³-hybridized carbons (Fsp3) is 0.158. The highest BCUT2D eigenvalue weighted by atomic mass is 16.5. The number of aryl methyl sites for hydroxylation is 2. The van der Waals surface area contributed by atoms with Gasteiger partial charge in [-0.05, 0) is 49.2 Å². The van der Waals surface area contributed by atoms with E-state index in [2.05, 4.69) is 10.6 Å². The average Bonchev–Trinajstić information content (AvgIpc) is 2.58. The van der Waals surface area contributed by atoms with Crippen molar-refractivity contribution in [2.75, 3.05) is 17.7 Å². The summed E-state index contributed by atoms with van der Waals surface area (Å²) in [7, 11) is 1.50. The molecular weight excluding hydrogens is 318 g/mol. The van der Waals surface area contributed by atoms with Crippen LogP contribution >= 0.6 is 0 Å². The maximum Gasteiger partial charge on any atom is 0.267 e. The van der Waals surface area contributed by atoms with Crippen LogP contribution in [-0.2, 0) is 4.79 Å². The molecule has 0 heterocycles. The molecule has 25 heavy (non-hydrogen) atoms. The molecule has 0 saturated heterocycles. The summed E-state index contributed by atoms with van der Waals surface area (Å²) >= 11 is 0. The van der Waals surface area contributed by atoms with Gasteiger partial charge in [0.15, 0.2) is 0 Å². The third kappa shape index (κ3) is 4.52. The minimum absolute atomic E-state index is 0.0277. The Kier molecular flexibility index (Phi) is 5.64. The van der Waals surface area contributed by atoms with Crippen LogP contribution in [0.4, 0.5) is 11.4 Å². The summed E-state index contributed by atoms with van der Waals surface area (Å²) in [6.45, 7) is 3.76. The quantitative estimate of drug-likeness (QED) is 0.441. The summed E-state index contributed by atoms with van der Waals surface area (Å²) in [5.74, 6) is -0.0496. The average molecular weight is 337 g/mol. The van der Waals surface area contributed by atoms with E-state index in [1.54, 1.807) is 24.3 Å². The van der Waals surface area contributed by atoms with Crippen molar-refractivity contribution < 1.29 is 14.6 Å². The normalized spacial score (nSPS) is 10.7. The van der Waals surface area contributed by atoms with Gasteiger partial charge in [0.25, 0.3) is 5.91 Å². The number of amides is 1. The molecule has 0 fully saturated rings. The molecule has 6 heteroatoms. The number of aromatic hydroxyl groups is 1. The van der Waals surface area contributed by atoms with Crippen molar-refractivity contribution in [2.45, 2.75) is 13.8 Å². The van der Waals surface area contributed by atoms with Crippen LogP contribution in [-0.4, -0.2) is 18.1 Å². The first kappa shape index (κ1) is 17.9. The van der Waals surface area contributed by atoms with E-state index >= 15 is 0 Å². The standard InChI is InChI=1S/C19H19N3O3/c1-12-4-6-17(23)15(8-12)21-11-14(10-20)19(24)22-16-9-13(2)5-7-18(16)25-3/h4-9,11,21,23H,1-3H3,(H,22,24)/b14-11-. The molecule has 0 aliphatic carbocycles. The lowest BCUT2D eigenvalue weighted by Crippen LogP contribution is -2.15. The second-order valence-corrected chi connectivity index (χ2v) is 5.49. The van der Waals surface area contributed by atoms with Crippen molar-refractivity contribution in [3.8, 4) is 17.6 Å². The molecule has 0 aromatic heterocycles. The first-order valence-electron chi connectivity index (χ1n) is 7.57. The lowest BCUT2D eigenvalue weighted by Gasteiger charge is -2.11. The van der Waals surface area contributed by atoms with E-state index < -0.39 is 5.91 Å². The molecule has 1 amide bonds. The number of phenolic OH excluding ortho intramolecular Hbond substituents is 1. The number of anilines is 2. The maximum atomic E-state index is 12.3. The lowest BCUT2D eigenvalue weighted by molar-refractivity contribution is -0.112. The van der Waals surface area contributed by atoms with Crippen molar-refractivity contribution in [2.24, 2.45) is 0 Å². The van der Waals surface area contributed by atoms with Gasteiger partial charge in [-0.3, -0.25) is 4.79 Å². The topological polar surface area (TPSA) is 94.4 Å². The number of nitrogens with one attached hydrogen (secondary N) is 2. The molecule has 2 rings (SSSR count). The van der Waals surface area contributed by atoms with Crippen LogP contribution in [0.3, 0.4) is 0 Å². The van der Waals surface area contributed by atoms with E-state index in [4.69, 9.17) is 4.74 Å². The highest BCUT2D eigenvalue weighted by molar-refractivity contribution is 6.07. The Morgan fingerprint density at radius 1 is 1.16 bits per heavy atom. The molecule has 0 aliphatic rings. The van der Waals surface area contributed by atoms with Crippen molar-refractivity contribution in [3.05, 3.63) is 59.3 Å². The van der Waals surface area contributed by atoms with Crippen LogP contribution in [0.5, 0.6) is 11.5 Å². The Morgan fingerprint density at radius 3 is 2.44 bits per heavy atom. The number of carbonyl (C=O) groups excluding carboxylic acids is 1. The van der Waals surface area contributed by atoms with E-state index in [1.807, 2.05) is 26.0 Å². The molecule has 2 aromatic carbocycles. The van der Waals surface area contributed by atoms with Gasteiger partial charge in [0.2, 0.25) is 0 Å². The van der Waals surface area contributed by atoms with Crippen LogP contribution in [0, 0.1) is 25.2 Å². The molecule has 3 N–H and O–H groups in total. The predicted octanol–water partition coefficient (Wildman–Crippen LogP) is 3.48. The Balaban J connectivity index is 2.20. The van der Waals surface area contributed by atoms with Gasteiger partial charge in [-0.2, -0.15) is 5.26 Å². The van der Waals surface area contributed by atoms with Gasteiger partial charge in [-0.25, -0.2) is 0 Å². The third-order valence-corrected chi connectivity index (χ3v) is 3.49. The highest BCUT2D eigenvalue weighted by Gasteiger charge is 2.13. The molecular formula is C19H19N3O3. The number of hydrogen-bond donors (Lipinski definition) is 3. The molecule has 0 radical (unpaired) electrons. The number of ether oxygens (including phenoxy) is 1. The highest BCUT2D eigenvalue weighted by Crippen LogP contribution is 2.26. The summed E-state index contributed by atoms with van der Waals surface area (Å²) < 4.78 is 5.21. The molecule has 0 aliphatic heterocycles. The van der Waals surface area contributed by atoms with E-state index in [9.17, 15) is 15.2 Å². The van der Waals surface area contributed by atoms with Crippen molar-refractivity contribution in [1.82, 2.24) is 0 Å². The van der Waals surface area contributed by atoms with Crippen molar-refractivity contribution >= 4 is 17.3 Å². The van der Waals surface area contributed by atoms with Crippen LogP contribution in [0.15, 0.2) is 48.2 Å². The van der Waals surface area contributed by atoms with Gasteiger partial charge in [-0.1, -0.05) is 12.1 Å². The summed E-state index contributed by atoms with van der Waals surface area (Å²) in [5, 5.41) is 24.5. The van der Waals surface area contributed by atoms with E-state index in [0.717, 1.165) is 11.1 Å². The predicted molar refractivity (Wildman–Crippen MR) is 96.5 cm³/mol. The van der Waals surface area contributed by atoms with Gasteiger partial charge in [0.05, 0.1) is 18.5 Å². The van der Waals surface area contributed by atoms with Crippen LogP contribution in [0.1, 0.15) is 11.1 Å². The largest absolute Gasteiger partial charge is 0.506 e. The molecule has 0 atom stereocenters. The van der Waals surface area contributed by atoms with Crippen LogP contribution < -0.4 is 15.4 Å². The number of nitrogens with zero attached hydrogens (tertiary/aromatic N) is 1. The Labute approximate surface area is 146 Å². The Morgan fingerprint density at radius 2 is 1.80 bits per heavy atom. The van der Waals surface area contributed by atoms with Crippen molar-refractivity contribution in [3.63, 3.8) is 0 Å². The molecule has 0 bridgehead atoms. The van der Waals surface area contributed by atoms with Crippen LogP contribution in [0.25, 0.3) is 0 Å². The third-order valence-electron chi connectivity index (χ3n) is 3.49. The molecule has 128 valence electrons. The Bertz CT molecular complexity index is 867. The van der Waals surface area contributed by atoms with E-state index in [1.165, 1.54) is 19.4 Å². The molecule has 2 aromatic rings. The second-order valence-electron chi connectivity index (χ2n) is 5.49. The van der Waals surface area contributed by atoms with Gasteiger partial charge in [-0.15, -0.1) is 0 Å². The number of benzene rings is 2. The first-order valence-corrected chi connectivity index (χ1v) is 7.57. The van der Waals surface area contributed by atoms with Crippen LogP contribution in [0.2, 0.25) is 0 Å². The Hall–Kier alpha value is -3.46. The zero-order valence-corrected chi connectivity index (χ0v) is 14.3. The molecule has 0 spiro atoms. The second kappa shape index (κ2) is 7.88. The number of hydrogen-bond acceptors (Lipinski definition) is 5. The number of carbonyl (C=O) groups is 1. The van der Waals surface area contributed by atoms with Gasteiger partial charge >= 0.3 is 0 Å². The monoisotopic (exact) mass is 337 g/mol. The molecule has 0 unspecified atom stereocenters. The van der Waals surface area contributed by atoms with Gasteiger partial charge in [0, 0.05) is 6.20 Å². The summed E-state index contributed by atoms with van der Waals surface area (Å²) in [6, 6.07) is 12.2. The summed E-state index contributed by atoms with van der Waals surface area (Å²) in [5.41, 5.74) is 2.63. The summed E-state index contributed by atoms with van der Waals surface area (Å²) in [4.78, 5) is 12.3. The fourth-order valence-electron chi connectivity index (χ4n) is 2.17. The minimum Gasteiger partial charge on any atom is -0.506 e. The maximum absolute atomic E-state index is 12.3. The van der Waals surface area contributed by atoms with Gasteiger partial charge < -0.3 is 20.5 Å². The molecule has 0 saturated carbocycles. The number of methoxy groups -OCH3 is 1. The smallest absolute Gasteiger partial charge is 0.267 e. The zero-order chi connectivity index (χ0) is 18.4. The number of rotatable bonds is 5. The first-order chi connectivity index (χ1) is 11.9. The zero-order valence-electron chi connectivity index (χ0n) is 14.3. The summed E-state index contributed by atoms with van der Waals surface area (Å²) in [6.07, 6.45) is 1.26. The number of nitriles is 1. The van der Waals surface area contributed by atoms with Crippen molar-refractivity contribution in [1.29, 1.82) is 5.26 Å². The number of phenols is 1. The van der Waals surface area contributed by atoms with E-state index in [0.29, 0.717) is 17.1 Å². The fourth-order valence-corrected chi connectivity index (χ4v) is 2.17. The lowest BCUT2D eigenvalue weighted by atomic mass is 10.2. The molecule has 6 nitrogen and oxygen atoms in total. The van der Waals surface area contributed by atoms with Gasteiger partial charge in [0.1, 0.15) is 23.1 Å². The minimum atomic E-state index is -0.578. The van der Waals surface area contributed by atoms with E-state index in [-0.39, 0.29) is 11.3 Å².